The molecule has 21 heavy (non-hydrogen) atoms. The van der Waals surface area contributed by atoms with Crippen molar-refractivity contribution in [2.45, 2.75) is 26.2 Å². The first kappa shape index (κ1) is 13.8. The molecule has 0 aromatic carbocycles. The minimum absolute atomic E-state index is 0.151. The highest BCUT2D eigenvalue weighted by atomic mass is 35.5. The molecule has 6 heteroatoms. The van der Waals surface area contributed by atoms with E-state index in [2.05, 4.69) is 35.8 Å². The van der Waals surface area contributed by atoms with Crippen LogP contribution in [-0.4, -0.2) is 19.6 Å². The Balaban J connectivity index is 2.28. The van der Waals surface area contributed by atoms with Gasteiger partial charge in [0.05, 0.1) is 6.20 Å². The third kappa shape index (κ3) is 2.45. The molecule has 0 aliphatic rings. The maximum atomic E-state index is 12.2. The molecule has 0 amide bonds. The Morgan fingerprint density at radius 3 is 2.62 bits per heavy atom. The number of aromatic nitrogens is 4. The fourth-order valence-corrected chi connectivity index (χ4v) is 2.25. The number of hydrogen-bond donors (Lipinski definition) is 1. The second kappa shape index (κ2) is 4.70. The van der Waals surface area contributed by atoms with Crippen LogP contribution in [0.25, 0.3) is 16.8 Å². The lowest BCUT2D eigenvalue weighted by molar-refractivity contribution is 0.566. The molecule has 5 nitrogen and oxygen atoms in total. The van der Waals surface area contributed by atoms with E-state index < -0.39 is 0 Å². The predicted molar refractivity (Wildman–Crippen MR) is 82.8 cm³/mol. The molecule has 0 aliphatic heterocycles. The zero-order valence-corrected chi connectivity index (χ0v) is 12.8. The first-order chi connectivity index (χ1) is 9.86. The summed E-state index contributed by atoms with van der Waals surface area (Å²) in [6.45, 7) is 6.15. The summed E-state index contributed by atoms with van der Waals surface area (Å²) in [4.78, 5) is 19.6. The lowest BCUT2D eigenvalue weighted by Crippen LogP contribution is -2.22. The van der Waals surface area contributed by atoms with Crippen molar-refractivity contribution in [1.82, 2.24) is 19.6 Å². The van der Waals surface area contributed by atoms with Crippen LogP contribution >= 0.6 is 11.6 Å². The SMILES string of the molecule is CC(C)(C)c1cc(=O)n2ncc(-c3ccc(Cl)nc3)c2[nH]1. The Morgan fingerprint density at radius 1 is 1.24 bits per heavy atom. The number of H-pyrrole nitrogens is 1. The number of aromatic amines is 1. The number of halogens is 1. The van der Waals surface area contributed by atoms with Crippen molar-refractivity contribution in [1.29, 1.82) is 0 Å². The van der Waals surface area contributed by atoms with E-state index >= 15 is 0 Å². The summed E-state index contributed by atoms with van der Waals surface area (Å²) >= 11 is 5.81. The fourth-order valence-electron chi connectivity index (χ4n) is 2.13. The highest BCUT2D eigenvalue weighted by molar-refractivity contribution is 6.29. The summed E-state index contributed by atoms with van der Waals surface area (Å²) in [5.74, 6) is 0. The fraction of sp³-hybridized carbons (Fsp3) is 0.267. The van der Waals surface area contributed by atoms with Gasteiger partial charge in [-0.15, -0.1) is 0 Å². The van der Waals surface area contributed by atoms with Gasteiger partial charge >= 0.3 is 0 Å². The lowest BCUT2D eigenvalue weighted by Gasteiger charge is -2.18. The molecule has 0 radical (unpaired) electrons. The second-order valence-corrected chi connectivity index (χ2v) is 6.35. The maximum Gasteiger partial charge on any atom is 0.274 e. The van der Waals surface area contributed by atoms with Crippen molar-refractivity contribution in [3.05, 3.63) is 51.8 Å². The van der Waals surface area contributed by atoms with Gasteiger partial charge in [-0.1, -0.05) is 32.4 Å². The van der Waals surface area contributed by atoms with Gasteiger partial charge in [-0.2, -0.15) is 9.61 Å². The average molecular weight is 303 g/mol. The van der Waals surface area contributed by atoms with E-state index in [4.69, 9.17) is 11.6 Å². The smallest absolute Gasteiger partial charge is 0.274 e. The number of nitrogens with zero attached hydrogens (tertiary/aromatic N) is 3. The predicted octanol–water partition coefficient (Wildman–Crippen LogP) is 3.04. The van der Waals surface area contributed by atoms with Crippen LogP contribution < -0.4 is 5.56 Å². The average Bonchev–Trinajstić information content (AvgIpc) is 2.83. The Bertz CT molecular complexity index is 856. The van der Waals surface area contributed by atoms with Crippen LogP contribution in [-0.2, 0) is 5.41 Å². The molecular weight excluding hydrogens is 288 g/mol. The van der Waals surface area contributed by atoms with Crippen LogP contribution in [0.5, 0.6) is 0 Å². The van der Waals surface area contributed by atoms with E-state index in [0.29, 0.717) is 10.8 Å². The van der Waals surface area contributed by atoms with E-state index in [1.807, 2.05) is 6.07 Å². The zero-order chi connectivity index (χ0) is 15.2. The lowest BCUT2D eigenvalue weighted by atomic mass is 9.92. The van der Waals surface area contributed by atoms with E-state index in [0.717, 1.165) is 16.8 Å². The van der Waals surface area contributed by atoms with Crippen LogP contribution in [0.15, 0.2) is 35.4 Å². The molecule has 0 unspecified atom stereocenters. The quantitative estimate of drug-likeness (QED) is 0.703. The molecule has 3 aromatic rings. The van der Waals surface area contributed by atoms with Crippen LogP contribution in [0.2, 0.25) is 5.15 Å². The Morgan fingerprint density at radius 2 is 2.00 bits per heavy atom. The standard InChI is InChI=1S/C15H15ClN4O/c1-15(2,3)11-6-13(21)20-14(19-11)10(8-18-20)9-4-5-12(16)17-7-9/h4-8,19H,1-3H3. The third-order valence-corrected chi connectivity index (χ3v) is 3.57. The molecule has 108 valence electrons. The second-order valence-electron chi connectivity index (χ2n) is 5.96. The Labute approximate surface area is 126 Å². The molecule has 0 spiro atoms. The van der Waals surface area contributed by atoms with E-state index in [1.54, 1.807) is 24.5 Å². The van der Waals surface area contributed by atoms with Crippen LogP contribution in [0.1, 0.15) is 26.5 Å². The maximum absolute atomic E-state index is 12.2. The molecular formula is C15H15ClN4O. The summed E-state index contributed by atoms with van der Waals surface area (Å²) < 4.78 is 1.36. The number of rotatable bonds is 1. The summed E-state index contributed by atoms with van der Waals surface area (Å²) in [6, 6.07) is 5.16. The number of fused-ring (bicyclic) bond motifs is 1. The molecule has 0 saturated heterocycles. The summed E-state index contributed by atoms with van der Waals surface area (Å²) in [5.41, 5.74) is 2.90. The van der Waals surface area contributed by atoms with E-state index in [1.165, 1.54) is 4.52 Å². The first-order valence-corrected chi connectivity index (χ1v) is 6.97. The molecule has 3 rings (SSSR count). The van der Waals surface area contributed by atoms with Crippen molar-refractivity contribution < 1.29 is 0 Å². The zero-order valence-electron chi connectivity index (χ0n) is 12.0. The van der Waals surface area contributed by atoms with Crippen LogP contribution in [0.4, 0.5) is 0 Å². The normalized spacial score (nSPS) is 12.0. The molecule has 1 N–H and O–H groups in total. The van der Waals surface area contributed by atoms with Gasteiger partial charge in [0.1, 0.15) is 10.8 Å². The third-order valence-electron chi connectivity index (χ3n) is 3.35. The minimum atomic E-state index is -0.152. The van der Waals surface area contributed by atoms with Crippen molar-refractivity contribution in [2.75, 3.05) is 0 Å². The van der Waals surface area contributed by atoms with Gasteiger partial charge in [0.25, 0.3) is 5.56 Å². The summed E-state index contributed by atoms with van der Waals surface area (Å²) in [6.07, 6.45) is 3.33. The van der Waals surface area contributed by atoms with Gasteiger partial charge in [-0.05, 0) is 12.1 Å². The summed E-state index contributed by atoms with van der Waals surface area (Å²) in [5, 5.41) is 4.58. The van der Waals surface area contributed by atoms with Gasteiger partial charge in [-0.25, -0.2) is 4.98 Å². The molecule has 3 aromatic heterocycles. The highest BCUT2D eigenvalue weighted by Crippen LogP contribution is 2.25. The van der Waals surface area contributed by atoms with Crippen molar-refractivity contribution in [3.63, 3.8) is 0 Å². The Kier molecular flexibility index (Phi) is 3.10. The number of hydrogen-bond acceptors (Lipinski definition) is 3. The topological polar surface area (TPSA) is 63.1 Å². The first-order valence-electron chi connectivity index (χ1n) is 6.60. The van der Waals surface area contributed by atoms with Gasteiger partial charge in [-0.3, -0.25) is 4.79 Å². The molecule has 0 saturated carbocycles. The minimum Gasteiger partial charge on any atom is -0.342 e. The molecule has 0 fully saturated rings. The molecule has 0 aliphatic carbocycles. The molecule has 0 atom stereocenters. The van der Waals surface area contributed by atoms with Crippen molar-refractivity contribution in [2.24, 2.45) is 0 Å². The Hall–Kier alpha value is -2.14. The molecule has 3 heterocycles. The number of nitrogens with one attached hydrogen (secondary N) is 1. The summed E-state index contributed by atoms with van der Waals surface area (Å²) in [7, 11) is 0. The van der Waals surface area contributed by atoms with E-state index in [-0.39, 0.29) is 11.0 Å². The monoisotopic (exact) mass is 302 g/mol. The van der Waals surface area contributed by atoms with Crippen molar-refractivity contribution in [3.8, 4) is 11.1 Å². The van der Waals surface area contributed by atoms with Gasteiger partial charge < -0.3 is 4.98 Å². The molecule has 0 bridgehead atoms. The number of pyridine rings is 1. The van der Waals surface area contributed by atoms with Gasteiger partial charge in [0, 0.05) is 34.5 Å². The van der Waals surface area contributed by atoms with Crippen LogP contribution in [0.3, 0.4) is 0 Å². The van der Waals surface area contributed by atoms with E-state index in [9.17, 15) is 4.79 Å². The van der Waals surface area contributed by atoms with Gasteiger partial charge in [0.15, 0.2) is 0 Å². The van der Waals surface area contributed by atoms with Crippen molar-refractivity contribution >= 4 is 17.2 Å². The van der Waals surface area contributed by atoms with Gasteiger partial charge in [0.2, 0.25) is 0 Å². The highest BCUT2D eigenvalue weighted by Gasteiger charge is 2.18. The van der Waals surface area contributed by atoms with Crippen LogP contribution in [0, 0.1) is 0 Å². The largest absolute Gasteiger partial charge is 0.342 e.